The number of hydrogen-bond acceptors (Lipinski definition) is 10. The van der Waals surface area contributed by atoms with E-state index in [-0.39, 0.29) is 42.2 Å². The Kier molecular flexibility index (Phi) is 6.16. The predicted molar refractivity (Wildman–Crippen MR) is 92.2 cm³/mol. The normalized spacial score (nSPS) is 19.3. The Morgan fingerprint density at radius 1 is 1.58 bits per heavy atom. The average molecular weight is 369 g/mol. The molecular weight excluding hydrogens is 346 g/mol. The first-order valence-corrected chi connectivity index (χ1v) is 8.08. The topological polar surface area (TPSA) is 161 Å². The molecule has 1 aliphatic rings. The molecule has 1 aromatic rings. The van der Waals surface area contributed by atoms with E-state index >= 15 is 0 Å². The fourth-order valence-electron chi connectivity index (χ4n) is 2.43. The van der Waals surface area contributed by atoms with Crippen LogP contribution in [-0.4, -0.2) is 58.5 Å². The third-order valence-electron chi connectivity index (χ3n) is 3.57. The maximum absolute atomic E-state index is 12.2. The van der Waals surface area contributed by atoms with Crippen LogP contribution in [0.1, 0.15) is 26.3 Å². The second-order valence-corrected chi connectivity index (χ2v) is 6.05. The Morgan fingerprint density at radius 2 is 2.31 bits per heavy atom. The van der Waals surface area contributed by atoms with Gasteiger partial charge in [0.05, 0.1) is 18.8 Å². The quantitative estimate of drug-likeness (QED) is 0.222. The summed E-state index contributed by atoms with van der Waals surface area (Å²) in [5.74, 6) is -1.45. The van der Waals surface area contributed by atoms with E-state index in [1.807, 2.05) is 0 Å². The summed E-state index contributed by atoms with van der Waals surface area (Å²) in [4.78, 5) is 30.4. The molecule has 11 heteroatoms. The molecule has 26 heavy (non-hydrogen) atoms. The van der Waals surface area contributed by atoms with Gasteiger partial charge < -0.3 is 30.5 Å². The minimum Gasteiger partial charge on any atom is -0.461 e. The van der Waals surface area contributed by atoms with Crippen LogP contribution in [0.4, 0.5) is 11.8 Å². The first kappa shape index (κ1) is 19.7. The van der Waals surface area contributed by atoms with E-state index in [9.17, 15) is 9.59 Å². The fraction of sp³-hybridized carbons (Fsp3) is 0.600. The van der Waals surface area contributed by atoms with Crippen molar-refractivity contribution in [2.45, 2.75) is 39.1 Å². The number of ether oxygens (including phenoxy) is 3. The smallest absolute Gasteiger partial charge is 0.356 e. The van der Waals surface area contributed by atoms with Gasteiger partial charge in [0, 0.05) is 13.0 Å². The summed E-state index contributed by atoms with van der Waals surface area (Å²) in [7, 11) is 0. The minimum absolute atomic E-state index is 0.0817. The van der Waals surface area contributed by atoms with Crippen LogP contribution in [-0.2, 0) is 25.4 Å². The van der Waals surface area contributed by atoms with E-state index in [1.54, 1.807) is 20.8 Å². The molecule has 1 saturated heterocycles. The summed E-state index contributed by atoms with van der Waals surface area (Å²) in [6.45, 7) is 5.99. The standard InChI is InChI=1S/C15H23N5O6/c1-4-24-13(22)10(20-23)5-9-11(18-14(16)19-12(9)21)17-6-8-7-25-15(2,3)26-8/h8,23H,4-7H2,1-3H3,(H4,16,17,18,19,21)/b20-10-. The molecule has 1 aromatic heterocycles. The van der Waals surface area contributed by atoms with Gasteiger partial charge in [0.1, 0.15) is 11.9 Å². The number of hydrogen-bond donors (Lipinski definition) is 4. The van der Waals surface area contributed by atoms with Crippen LogP contribution in [0.25, 0.3) is 0 Å². The molecule has 0 aliphatic carbocycles. The second kappa shape index (κ2) is 8.15. The maximum atomic E-state index is 12.2. The van der Waals surface area contributed by atoms with Crippen molar-refractivity contribution in [1.82, 2.24) is 9.97 Å². The summed E-state index contributed by atoms with van der Waals surface area (Å²) in [6.07, 6.45) is -0.537. The average Bonchev–Trinajstić information content (AvgIpc) is 2.91. The fourth-order valence-corrected chi connectivity index (χ4v) is 2.43. The number of nitrogens with two attached hydrogens (primary N) is 1. The van der Waals surface area contributed by atoms with Crippen molar-refractivity contribution in [3.63, 3.8) is 0 Å². The van der Waals surface area contributed by atoms with Gasteiger partial charge >= 0.3 is 5.97 Å². The number of nitrogens with one attached hydrogen (secondary N) is 2. The number of nitrogen functional groups attached to an aromatic ring is 1. The molecule has 2 rings (SSSR count). The molecular formula is C15H23N5O6. The Morgan fingerprint density at radius 3 is 2.88 bits per heavy atom. The third kappa shape index (κ3) is 4.92. The first-order chi connectivity index (χ1) is 12.3. The molecule has 0 spiro atoms. The monoisotopic (exact) mass is 369 g/mol. The number of H-pyrrole nitrogens is 1. The van der Waals surface area contributed by atoms with Crippen LogP contribution in [0.3, 0.4) is 0 Å². The highest BCUT2D eigenvalue weighted by atomic mass is 16.7. The van der Waals surface area contributed by atoms with Gasteiger partial charge in [-0.2, -0.15) is 4.98 Å². The number of carbonyl (C=O) groups excluding carboxylic acids is 1. The summed E-state index contributed by atoms with van der Waals surface area (Å²) in [5, 5.41) is 14.9. The molecule has 1 unspecified atom stereocenters. The molecule has 0 aromatic carbocycles. The van der Waals surface area contributed by atoms with Gasteiger partial charge in [0.2, 0.25) is 5.95 Å². The number of rotatable bonds is 7. The third-order valence-corrected chi connectivity index (χ3v) is 3.57. The zero-order valence-corrected chi connectivity index (χ0v) is 14.9. The van der Waals surface area contributed by atoms with E-state index in [1.165, 1.54) is 0 Å². The van der Waals surface area contributed by atoms with Gasteiger partial charge in [0.25, 0.3) is 5.56 Å². The van der Waals surface area contributed by atoms with Crippen molar-refractivity contribution >= 4 is 23.4 Å². The second-order valence-electron chi connectivity index (χ2n) is 6.05. The van der Waals surface area contributed by atoms with Crippen molar-refractivity contribution < 1.29 is 24.2 Å². The van der Waals surface area contributed by atoms with Gasteiger partial charge in [-0.1, -0.05) is 5.16 Å². The number of esters is 1. The lowest BCUT2D eigenvalue weighted by Crippen LogP contribution is -2.30. The van der Waals surface area contributed by atoms with Crippen molar-refractivity contribution in [2.75, 3.05) is 30.8 Å². The van der Waals surface area contributed by atoms with E-state index < -0.39 is 17.3 Å². The highest BCUT2D eigenvalue weighted by Gasteiger charge is 2.32. The molecule has 0 saturated carbocycles. The maximum Gasteiger partial charge on any atom is 0.356 e. The molecule has 0 amide bonds. The molecule has 1 aliphatic heterocycles. The van der Waals surface area contributed by atoms with Crippen LogP contribution >= 0.6 is 0 Å². The zero-order chi connectivity index (χ0) is 19.3. The summed E-state index contributed by atoms with van der Waals surface area (Å²) < 4.78 is 15.9. The lowest BCUT2D eigenvalue weighted by molar-refractivity contribution is -0.137. The highest BCUT2D eigenvalue weighted by molar-refractivity contribution is 6.36. The lowest BCUT2D eigenvalue weighted by Gasteiger charge is -2.18. The Bertz CT molecular complexity index is 745. The molecule has 1 atom stereocenters. The van der Waals surface area contributed by atoms with Gasteiger partial charge in [0.15, 0.2) is 11.5 Å². The molecule has 144 valence electrons. The summed E-state index contributed by atoms with van der Waals surface area (Å²) in [5.41, 5.74) is 4.79. The Hall–Kier alpha value is -2.66. The van der Waals surface area contributed by atoms with Gasteiger partial charge in [-0.05, 0) is 20.8 Å². The number of oxime groups is 1. The SMILES string of the molecule is CCOC(=O)/C(Cc1c(NCC2COC(C)(C)O2)nc(N)[nH]c1=O)=N\O. The first-order valence-electron chi connectivity index (χ1n) is 8.08. The van der Waals surface area contributed by atoms with Gasteiger partial charge in [-0.3, -0.25) is 9.78 Å². The van der Waals surface area contributed by atoms with Crippen molar-refractivity contribution in [2.24, 2.45) is 5.16 Å². The van der Waals surface area contributed by atoms with Crippen molar-refractivity contribution in [3.05, 3.63) is 15.9 Å². The number of anilines is 2. The molecule has 11 nitrogen and oxygen atoms in total. The number of aromatic amines is 1. The largest absolute Gasteiger partial charge is 0.461 e. The lowest BCUT2D eigenvalue weighted by atomic mass is 10.1. The van der Waals surface area contributed by atoms with Crippen LogP contribution < -0.4 is 16.6 Å². The summed E-state index contributed by atoms with van der Waals surface area (Å²) >= 11 is 0. The van der Waals surface area contributed by atoms with Crippen LogP contribution in [0.15, 0.2) is 9.95 Å². The van der Waals surface area contributed by atoms with E-state index in [0.29, 0.717) is 13.2 Å². The highest BCUT2D eigenvalue weighted by Crippen LogP contribution is 2.22. The minimum atomic E-state index is -0.827. The van der Waals surface area contributed by atoms with E-state index in [4.69, 9.17) is 25.2 Å². The molecule has 0 bridgehead atoms. The Balaban J connectivity index is 2.18. The summed E-state index contributed by atoms with van der Waals surface area (Å²) in [6, 6.07) is 0. The van der Waals surface area contributed by atoms with Crippen LogP contribution in [0, 0.1) is 0 Å². The van der Waals surface area contributed by atoms with Gasteiger partial charge in [-0.25, -0.2) is 4.79 Å². The van der Waals surface area contributed by atoms with Crippen molar-refractivity contribution in [1.29, 1.82) is 0 Å². The molecule has 0 radical (unpaired) electrons. The van der Waals surface area contributed by atoms with E-state index in [0.717, 1.165) is 0 Å². The molecule has 1 fully saturated rings. The predicted octanol–water partition coefficient (Wildman–Crippen LogP) is -0.149. The van der Waals surface area contributed by atoms with E-state index in [2.05, 4.69) is 20.4 Å². The van der Waals surface area contributed by atoms with Crippen LogP contribution in [0.5, 0.6) is 0 Å². The zero-order valence-electron chi connectivity index (χ0n) is 14.9. The van der Waals surface area contributed by atoms with Crippen molar-refractivity contribution in [3.8, 4) is 0 Å². The van der Waals surface area contributed by atoms with Crippen LogP contribution in [0.2, 0.25) is 0 Å². The number of nitrogens with zero attached hydrogens (tertiary/aromatic N) is 2. The molecule has 2 heterocycles. The number of carbonyl (C=O) groups is 1. The molecule has 5 N–H and O–H groups in total. The number of aromatic nitrogens is 2. The Labute approximate surface area is 149 Å². The van der Waals surface area contributed by atoms with Gasteiger partial charge in [-0.15, -0.1) is 0 Å².